The van der Waals surface area contributed by atoms with Crippen LogP contribution in [0.5, 0.6) is 0 Å². The number of thiazole rings is 1. The molecule has 6 heteroatoms. The van der Waals surface area contributed by atoms with E-state index in [2.05, 4.69) is 38.3 Å². The van der Waals surface area contributed by atoms with E-state index < -0.39 is 0 Å². The van der Waals surface area contributed by atoms with Gasteiger partial charge in [0, 0.05) is 29.4 Å². The van der Waals surface area contributed by atoms with Gasteiger partial charge in [-0.25, -0.2) is 4.98 Å². The first-order valence-electron chi connectivity index (χ1n) is 9.53. The highest BCUT2D eigenvalue weighted by molar-refractivity contribution is 7.15. The second-order valence-electron chi connectivity index (χ2n) is 7.19. The molecule has 1 fully saturated rings. The van der Waals surface area contributed by atoms with E-state index in [9.17, 15) is 0 Å². The maximum atomic E-state index is 6.47. The molecule has 1 N–H and O–H groups in total. The molecule has 4 nitrogen and oxygen atoms in total. The monoisotopic (exact) mass is 396 g/mol. The minimum Gasteiger partial charge on any atom is -0.367 e. The zero-order valence-corrected chi connectivity index (χ0v) is 16.6. The molecular weight excluding hydrogens is 376 g/mol. The van der Waals surface area contributed by atoms with Crippen LogP contribution in [-0.4, -0.2) is 20.4 Å². The molecule has 2 aliphatic rings. The summed E-state index contributed by atoms with van der Waals surface area (Å²) in [6.07, 6.45) is 17.2. The number of imidazole rings is 1. The Kier molecular flexibility index (Phi) is 4.50. The molecule has 0 bridgehead atoms. The Labute approximate surface area is 167 Å². The number of aromatic nitrogens is 3. The summed E-state index contributed by atoms with van der Waals surface area (Å²) in [4.78, 5) is 10.1. The summed E-state index contributed by atoms with van der Waals surface area (Å²) in [7, 11) is 0. The van der Waals surface area contributed by atoms with Crippen molar-refractivity contribution in [3.63, 3.8) is 0 Å². The maximum Gasteiger partial charge on any atom is 0.196 e. The minimum atomic E-state index is 0.497. The lowest BCUT2D eigenvalue weighted by Gasteiger charge is -2.17. The van der Waals surface area contributed by atoms with Gasteiger partial charge in [0.1, 0.15) is 11.5 Å². The minimum absolute atomic E-state index is 0.497. The van der Waals surface area contributed by atoms with Crippen molar-refractivity contribution in [3.05, 3.63) is 52.8 Å². The quantitative estimate of drug-likeness (QED) is 0.570. The number of hydrogen-bond acceptors (Lipinski definition) is 4. The number of nitrogens with zero attached hydrogens (tertiary/aromatic N) is 3. The first-order valence-corrected chi connectivity index (χ1v) is 10.8. The molecule has 5 rings (SSSR count). The number of pyridine rings is 1. The molecule has 27 heavy (non-hydrogen) atoms. The van der Waals surface area contributed by atoms with Gasteiger partial charge in [0.2, 0.25) is 0 Å². The van der Waals surface area contributed by atoms with Crippen molar-refractivity contribution in [2.24, 2.45) is 0 Å². The first kappa shape index (κ1) is 17.0. The normalized spacial score (nSPS) is 17.6. The van der Waals surface area contributed by atoms with E-state index in [0.29, 0.717) is 11.1 Å². The molecule has 0 radical (unpaired) electrons. The van der Waals surface area contributed by atoms with Crippen LogP contribution >= 0.6 is 22.9 Å². The highest BCUT2D eigenvalue weighted by atomic mass is 35.5. The summed E-state index contributed by atoms with van der Waals surface area (Å²) in [6, 6.07) is 2.45. The van der Waals surface area contributed by atoms with Crippen LogP contribution in [0.15, 0.2) is 42.1 Å². The van der Waals surface area contributed by atoms with Crippen molar-refractivity contribution in [1.82, 2.24) is 14.4 Å². The predicted octanol–water partition coefficient (Wildman–Crippen LogP) is 6.20. The molecule has 3 aromatic rings. The number of fused-ring (bicyclic) bond motifs is 1. The van der Waals surface area contributed by atoms with E-state index in [0.717, 1.165) is 34.9 Å². The average molecular weight is 397 g/mol. The summed E-state index contributed by atoms with van der Waals surface area (Å²) < 4.78 is 2.29. The van der Waals surface area contributed by atoms with Crippen LogP contribution in [0.2, 0.25) is 5.02 Å². The predicted molar refractivity (Wildman–Crippen MR) is 114 cm³/mol. The van der Waals surface area contributed by atoms with Crippen molar-refractivity contribution in [2.45, 2.75) is 44.6 Å². The Morgan fingerprint density at radius 3 is 2.93 bits per heavy atom. The number of halogens is 1. The molecule has 0 spiro atoms. The molecule has 138 valence electrons. The van der Waals surface area contributed by atoms with Crippen LogP contribution in [0.1, 0.15) is 44.2 Å². The molecule has 0 aromatic carbocycles. The lowest BCUT2D eigenvalue weighted by molar-refractivity contribution is 0.749. The second kappa shape index (κ2) is 7.13. The molecule has 0 atom stereocenters. The van der Waals surface area contributed by atoms with Crippen LogP contribution in [0.4, 0.5) is 5.82 Å². The Morgan fingerprint density at radius 2 is 2.15 bits per heavy atom. The number of allylic oxidation sites excluding steroid dienone is 4. The zero-order valence-electron chi connectivity index (χ0n) is 15.0. The molecule has 0 amide bonds. The highest BCUT2D eigenvalue weighted by Gasteiger charge is 2.24. The molecule has 2 aliphatic carbocycles. The first-order chi connectivity index (χ1) is 13.3. The van der Waals surface area contributed by atoms with E-state index >= 15 is 0 Å². The van der Waals surface area contributed by atoms with Crippen LogP contribution in [-0.2, 0) is 0 Å². The summed E-state index contributed by atoms with van der Waals surface area (Å²) in [5.41, 5.74) is 4.47. The van der Waals surface area contributed by atoms with Crippen LogP contribution < -0.4 is 5.32 Å². The Morgan fingerprint density at radius 1 is 1.26 bits per heavy atom. The summed E-state index contributed by atoms with van der Waals surface area (Å²) in [6.45, 7) is 0. The molecular formula is C21H21ClN4S. The fourth-order valence-electron chi connectivity index (χ4n) is 4.05. The molecule has 0 aliphatic heterocycles. The Balaban J connectivity index is 1.70. The lowest BCUT2D eigenvalue weighted by atomic mass is 10.0. The summed E-state index contributed by atoms with van der Waals surface area (Å²) in [5.74, 6) is 1.07. The van der Waals surface area contributed by atoms with Gasteiger partial charge in [-0.2, -0.15) is 0 Å². The molecule has 0 saturated heterocycles. The third-order valence-electron chi connectivity index (χ3n) is 5.43. The van der Waals surface area contributed by atoms with Crippen LogP contribution in [0.25, 0.3) is 21.8 Å². The third-order valence-corrected chi connectivity index (χ3v) is 6.56. The van der Waals surface area contributed by atoms with Gasteiger partial charge in [0.05, 0.1) is 10.7 Å². The van der Waals surface area contributed by atoms with Gasteiger partial charge in [0.15, 0.2) is 4.96 Å². The van der Waals surface area contributed by atoms with Crippen molar-refractivity contribution in [1.29, 1.82) is 0 Å². The SMILES string of the molecule is Clc1cnccc1-c1nc2scc(C3=CC=CCC3)n2c1NC1CCCC1. The van der Waals surface area contributed by atoms with E-state index in [-0.39, 0.29) is 0 Å². The third kappa shape index (κ3) is 3.09. The van der Waals surface area contributed by atoms with E-state index in [1.807, 2.05) is 6.07 Å². The number of nitrogens with one attached hydrogen (secondary N) is 1. The summed E-state index contributed by atoms with van der Waals surface area (Å²) in [5, 5.41) is 6.67. The molecule has 0 unspecified atom stereocenters. The van der Waals surface area contributed by atoms with Gasteiger partial charge < -0.3 is 5.32 Å². The zero-order chi connectivity index (χ0) is 18.2. The summed E-state index contributed by atoms with van der Waals surface area (Å²) >= 11 is 8.16. The van der Waals surface area contributed by atoms with E-state index in [1.54, 1.807) is 23.7 Å². The lowest BCUT2D eigenvalue weighted by Crippen LogP contribution is -2.17. The molecule has 1 saturated carbocycles. The van der Waals surface area contributed by atoms with Gasteiger partial charge in [-0.05, 0) is 37.3 Å². The van der Waals surface area contributed by atoms with Gasteiger partial charge >= 0.3 is 0 Å². The number of hydrogen-bond donors (Lipinski definition) is 1. The topological polar surface area (TPSA) is 42.2 Å². The van der Waals surface area contributed by atoms with Crippen molar-refractivity contribution >= 4 is 39.3 Å². The fraction of sp³-hybridized carbons (Fsp3) is 0.333. The van der Waals surface area contributed by atoms with Gasteiger partial charge in [-0.1, -0.05) is 42.7 Å². The highest BCUT2D eigenvalue weighted by Crippen LogP contribution is 2.39. The fourth-order valence-corrected chi connectivity index (χ4v) is 5.17. The van der Waals surface area contributed by atoms with Crippen molar-refractivity contribution < 1.29 is 0 Å². The van der Waals surface area contributed by atoms with Gasteiger partial charge in [0.25, 0.3) is 0 Å². The van der Waals surface area contributed by atoms with E-state index in [4.69, 9.17) is 16.6 Å². The number of rotatable bonds is 4. The Hall–Kier alpha value is -2.11. The molecule has 3 heterocycles. The maximum absolute atomic E-state index is 6.47. The smallest absolute Gasteiger partial charge is 0.196 e. The second-order valence-corrected chi connectivity index (χ2v) is 8.43. The average Bonchev–Trinajstić information content (AvgIpc) is 3.42. The van der Waals surface area contributed by atoms with Gasteiger partial charge in [-0.15, -0.1) is 11.3 Å². The molecule has 3 aromatic heterocycles. The largest absolute Gasteiger partial charge is 0.367 e. The van der Waals surface area contributed by atoms with E-state index in [1.165, 1.54) is 37.0 Å². The standard InChI is InChI=1S/C21H21ClN4S/c22-17-12-23-11-10-16(17)19-20(24-15-8-4-5-9-15)26-18(13-27-21(26)25-19)14-6-2-1-3-7-14/h1-2,6,10-13,15,24H,3-5,7-9H2. The van der Waals surface area contributed by atoms with Crippen LogP contribution in [0.3, 0.4) is 0 Å². The Bertz CT molecular complexity index is 1040. The van der Waals surface area contributed by atoms with Crippen molar-refractivity contribution in [2.75, 3.05) is 5.32 Å². The number of anilines is 1. The van der Waals surface area contributed by atoms with Gasteiger partial charge in [-0.3, -0.25) is 9.38 Å². The van der Waals surface area contributed by atoms with Crippen LogP contribution in [0, 0.1) is 0 Å². The van der Waals surface area contributed by atoms with Crippen molar-refractivity contribution in [3.8, 4) is 11.3 Å².